The third kappa shape index (κ3) is 5.83. The molecule has 184 valence electrons. The van der Waals surface area contributed by atoms with Gasteiger partial charge in [0.15, 0.2) is 5.82 Å². The van der Waals surface area contributed by atoms with Crippen LogP contribution in [0.4, 0.5) is 0 Å². The Morgan fingerprint density at radius 1 is 1.26 bits per heavy atom. The number of aromatic nitrogens is 5. The molecule has 0 aliphatic rings. The van der Waals surface area contributed by atoms with Gasteiger partial charge in [-0.15, -0.1) is 16.4 Å². The molecule has 1 aromatic carbocycles. The number of fused-ring (bicyclic) bond motifs is 1. The van der Waals surface area contributed by atoms with Crippen LogP contribution in [-0.4, -0.2) is 37.8 Å². The number of tetrazole rings is 1. The van der Waals surface area contributed by atoms with E-state index in [4.69, 9.17) is 4.74 Å². The Balaban J connectivity index is 1.66. The zero-order valence-corrected chi connectivity index (χ0v) is 21.1. The molecule has 4 aromatic rings. The second-order valence-electron chi connectivity index (χ2n) is 8.87. The molecule has 0 spiro atoms. The van der Waals surface area contributed by atoms with Crippen LogP contribution in [0.2, 0.25) is 0 Å². The maximum Gasteiger partial charge on any atom is 0.327 e. The topological polar surface area (TPSA) is 115 Å². The Morgan fingerprint density at radius 3 is 2.80 bits per heavy atom. The van der Waals surface area contributed by atoms with Crippen molar-refractivity contribution in [2.45, 2.75) is 52.7 Å². The summed E-state index contributed by atoms with van der Waals surface area (Å²) in [5.41, 5.74) is 2.56. The highest BCUT2D eigenvalue weighted by Crippen LogP contribution is 2.29. The molecule has 3 heterocycles. The number of nitrogens with one attached hydrogen (secondary N) is 2. The number of nitrogens with zero attached hydrogens (tertiary/aromatic N) is 4. The number of hydrogen-bond acceptors (Lipinski definition) is 8. The highest BCUT2D eigenvalue weighted by molar-refractivity contribution is 7.10. The summed E-state index contributed by atoms with van der Waals surface area (Å²) in [4.78, 5) is 29.1. The second kappa shape index (κ2) is 10.9. The van der Waals surface area contributed by atoms with Crippen molar-refractivity contribution in [2.75, 3.05) is 6.61 Å². The van der Waals surface area contributed by atoms with Crippen molar-refractivity contribution in [1.82, 2.24) is 30.5 Å². The van der Waals surface area contributed by atoms with Crippen molar-refractivity contribution in [3.63, 3.8) is 0 Å². The lowest BCUT2D eigenvalue weighted by atomic mass is 9.98. The SMILES string of the molecule is CCOC(=O)Cn1nnnc1C(NC(Cc1cc2cc(C)ccc2[nH]c1=O)c1cccs1)C(C)C. The molecule has 3 aromatic heterocycles. The molecule has 0 amide bonds. The van der Waals surface area contributed by atoms with Crippen LogP contribution in [0.3, 0.4) is 0 Å². The van der Waals surface area contributed by atoms with E-state index in [-0.39, 0.29) is 30.1 Å². The summed E-state index contributed by atoms with van der Waals surface area (Å²) in [6.45, 7) is 8.17. The van der Waals surface area contributed by atoms with Gasteiger partial charge in [0.05, 0.1) is 12.6 Å². The Hall–Kier alpha value is -3.37. The fourth-order valence-electron chi connectivity index (χ4n) is 4.13. The van der Waals surface area contributed by atoms with Gasteiger partial charge in [-0.1, -0.05) is 31.5 Å². The van der Waals surface area contributed by atoms with Crippen LogP contribution >= 0.6 is 11.3 Å². The minimum atomic E-state index is -0.392. The molecule has 0 aliphatic heterocycles. The molecule has 0 bridgehead atoms. The maximum absolute atomic E-state index is 12.9. The van der Waals surface area contributed by atoms with Gasteiger partial charge in [0, 0.05) is 22.0 Å². The van der Waals surface area contributed by atoms with Gasteiger partial charge in [0.25, 0.3) is 5.56 Å². The largest absolute Gasteiger partial charge is 0.465 e. The minimum absolute atomic E-state index is 0.0611. The summed E-state index contributed by atoms with van der Waals surface area (Å²) in [6, 6.07) is 11.6. The number of hydrogen-bond donors (Lipinski definition) is 2. The van der Waals surface area contributed by atoms with Gasteiger partial charge >= 0.3 is 5.97 Å². The van der Waals surface area contributed by atoms with Gasteiger partial charge in [-0.2, -0.15) is 0 Å². The van der Waals surface area contributed by atoms with Gasteiger partial charge in [0.2, 0.25) is 0 Å². The molecule has 2 atom stereocenters. The van der Waals surface area contributed by atoms with Crippen molar-refractivity contribution in [1.29, 1.82) is 0 Å². The Kier molecular flexibility index (Phi) is 7.72. The van der Waals surface area contributed by atoms with Crippen LogP contribution in [-0.2, 0) is 22.5 Å². The molecule has 2 unspecified atom stereocenters. The smallest absolute Gasteiger partial charge is 0.327 e. The molecule has 10 heteroatoms. The van der Waals surface area contributed by atoms with Crippen LogP contribution in [0.25, 0.3) is 10.9 Å². The molecule has 4 rings (SSSR count). The van der Waals surface area contributed by atoms with E-state index in [0.717, 1.165) is 21.3 Å². The highest BCUT2D eigenvalue weighted by atomic mass is 32.1. The Morgan fingerprint density at radius 2 is 2.09 bits per heavy atom. The Bertz CT molecular complexity index is 1350. The van der Waals surface area contributed by atoms with Crippen molar-refractivity contribution in [3.8, 4) is 0 Å². The summed E-state index contributed by atoms with van der Waals surface area (Å²) < 4.78 is 6.55. The van der Waals surface area contributed by atoms with Gasteiger partial charge in [0.1, 0.15) is 6.54 Å². The number of benzene rings is 1. The zero-order valence-electron chi connectivity index (χ0n) is 20.3. The monoisotopic (exact) mass is 494 g/mol. The van der Waals surface area contributed by atoms with E-state index in [0.29, 0.717) is 24.4 Å². The molecule has 0 saturated carbocycles. The van der Waals surface area contributed by atoms with Crippen molar-refractivity contribution in [3.05, 3.63) is 74.0 Å². The van der Waals surface area contributed by atoms with Gasteiger partial charge in [-0.3, -0.25) is 14.9 Å². The zero-order chi connectivity index (χ0) is 24.9. The van der Waals surface area contributed by atoms with Crippen LogP contribution in [0, 0.1) is 12.8 Å². The van der Waals surface area contributed by atoms with Crippen molar-refractivity contribution in [2.24, 2.45) is 5.92 Å². The number of thiophene rings is 1. The molecule has 35 heavy (non-hydrogen) atoms. The molecule has 0 saturated heterocycles. The molecule has 0 radical (unpaired) electrons. The third-order valence-corrected chi connectivity index (χ3v) is 6.84. The van der Waals surface area contributed by atoms with Crippen LogP contribution < -0.4 is 10.9 Å². The number of carbonyl (C=O) groups excluding carboxylic acids is 1. The molecule has 9 nitrogen and oxygen atoms in total. The minimum Gasteiger partial charge on any atom is -0.465 e. The van der Waals surface area contributed by atoms with Crippen LogP contribution in [0.15, 0.2) is 46.6 Å². The second-order valence-corrected chi connectivity index (χ2v) is 9.85. The fraction of sp³-hybridized carbons (Fsp3) is 0.400. The Labute approximate surface area is 207 Å². The predicted molar refractivity (Wildman–Crippen MR) is 135 cm³/mol. The average molecular weight is 495 g/mol. The fourth-order valence-corrected chi connectivity index (χ4v) is 4.92. The van der Waals surface area contributed by atoms with E-state index in [2.05, 4.69) is 51.8 Å². The quantitative estimate of drug-likeness (QED) is 0.323. The molecular formula is C25H30N6O3S. The van der Waals surface area contributed by atoms with E-state index in [1.54, 1.807) is 18.3 Å². The summed E-state index contributed by atoms with van der Waals surface area (Å²) >= 11 is 1.63. The maximum atomic E-state index is 12.9. The summed E-state index contributed by atoms with van der Waals surface area (Å²) in [5.74, 6) is 0.274. The lowest BCUT2D eigenvalue weighted by Gasteiger charge is -2.27. The normalized spacial score (nSPS) is 13.3. The van der Waals surface area contributed by atoms with Crippen molar-refractivity contribution < 1.29 is 9.53 Å². The first kappa shape index (κ1) is 24.7. The van der Waals surface area contributed by atoms with Gasteiger partial charge in [-0.05, 0) is 71.6 Å². The van der Waals surface area contributed by atoms with Gasteiger partial charge in [-0.25, -0.2) is 4.68 Å². The van der Waals surface area contributed by atoms with E-state index in [1.807, 2.05) is 36.6 Å². The lowest BCUT2D eigenvalue weighted by molar-refractivity contribution is -0.144. The van der Waals surface area contributed by atoms with E-state index >= 15 is 0 Å². The molecule has 0 fully saturated rings. The van der Waals surface area contributed by atoms with E-state index in [9.17, 15) is 9.59 Å². The predicted octanol–water partition coefficient (Wildman–Crippen LogP) is 3.72. The summed E-state index contributed by atoms with van der Waals surface area (Å²) in [6.07, 6.45) is 0.488. The first-order chi connectivity index (χ1) is 16.9. The number of ether oxygens (including phenoxy) is 1. The number of carbonyl (C=O) groups is 1. The first-order valence-corrected chi connectivity index (χ1v) is 12.6. The van der Waals surface area contributed by atoms with E-state index < -0.39 is 5.97 Å². The van der Waals surface area contributed by atoms with Crippen LogP contribution in [0.5, 0.6) is 0 Å². The number of H-pyrrole nitrogens is 1. The molecule has 2 N–H and O–H groups in total. The standard InChI is InChI=1S/C25H30N6O3S/c1-5-34-22(32)14-31-24(28-29-30-31)23(15(2)3)26-20(21-7-6-10-35-21)13-18-12-17-11-16(4)8-9-19(17)27-25(18)33/h6-12,15,20,23,26H,5,13-14H2,1-4H3,(H,27,33). The number of pyridine rings is 1. The van der Waals surface area contributed by atoms with E-state index in [1.165, 1.54) is 4.68 Å². The molecular weight excluding hydrogens is 464 g/mol. The number of rotatable bonds is 10. The van der Waals surface area contributed by atoms with Gasteiger partial charge < -0.3 is 9.72 Å². The van der Waals surface area contributed by atoms with Crippen molar-refractivity contribution >= 4 is 28.2 Å². The highest BCUT2D eigenvalue weighted by Gasteiger charge is 2.28. The number of aryl methyl sites for hydroxylation is 1. The van der Waals surface area contributed by atoms with Crippen LogP contribution in [0.1, 0.15) is 54.7 Å². The molecule has 0 aliphatic carbocycles. The number of esters is 1. The summed E-state index contributed by atoms with van der Waals surface area (Å²) in [5, 5.41) is 18.8. The summed E-state index contributed by atoms with van der Waals surface area (Å²) in [7, 11) is 0. The number of aromatic amines is 1. The average Bonchev–Trinajstić information content (AvgIpc) is 3.50. The third-order valence-electron chi connectivity index (χ3n) is 5.86. The lowest BCUT2D eigenvalue weighted by Crippen LogP contribution is -2.34. The first-order valence-electron chi connectivity index (χ1n) is 11.7.